The molecule has 1 amide bonds. The SMILES string of the molecule is CCN(c1ccccc1)S(=O)(=O)c1ccc(Cl)c(C(=O)NCc2cc(C)oc2C)c1. The Labute approximate surface area is 181 Å². The highest BCUT2D eigenvalue weighted by Crippen LogP contribution is 2.26. The highest BCUT2D eigenvalue weighted by molar-refractivity contribution is 7.92. The summed E-state index contributed by atoms with van der Waals surface area (Å²) in [6, 6.07) is 14.8. The first-order valence-corrected chi connectivity index (χ1v) is 11.3. The van der Waals surface area contributed by atoms with Gasteiger partial charge in [-0.25, -0.2) is 8.42 Å². The molecule has 30 heavy (non-hydrogen) atoms. The van der Waals surface area contributed by atoms with Gasteiger partial charge in [0.2, 0.25) is 0 Å². The van der Waals surface area contributed by atoms with Crippen molar-refractivity contribution in [3.8, 4) is 0 Å². The Bertz CT molecular complexity index is 1160. The minimum Gasteiger partial charge on any atom is -0.466 e. The molecule has 0 saturated carbocycles. The van der Waals surface area contributed by atoms with E-state index in [1.165, 1.54) is 22.5 Å². The van der Waals surface area contributed by atoms with Crippen LogP contribution in [0.15, 0.2) is 63.9 Å². The Hall–Kier alpha value is -2.77. The third-order valence-corrected chi connectivity index (χ3v) is 6.91. The molecule has 6 nitrogen and oxygen atoms in total. The summed E-state index contributed by atoms with van der Waals surface area (Å²) in [6.45, 7) is 5.90. The Morgan fingerprint density at radius 1 is 1.10 bits per heavy atom. The van der Waals surface area contributed by atoms with E-state index in [-0.39, 0.29) is 28.6 Å². The molecule has 0 aliphatic heterocycles. The molecule has 1 heterocycles. The first-order valence-electron chi connectivity index (χ1n) is 9.45. The molecule has 0 radical (unpaired) electrons. The van der Waals surface area contributed by atoms with Gasteiger partial charge in [0.25, 0.3) is 15.9 Å². The summed E-state index contributed by atoms with van der Waals surface area (Å²) < 4.78 is 33.2. The van der Waals surface area contributed by atoms with Crippen molar-refractivity contribution in [1.29, 1.82) is 0 Å². The second-order valence-corrected chi connectivity index (χ2v) is 9.04. The molecule has 0 aliphatic carbocycles. The van der Waals surface area contributed by atoms with Gasteiger partial charge in [0.15, 0.2) is 0 Å². The molecule has 0 atom stereocenters. The van der Waals surface area contributed by atoms with Crippen LogP contribution >= 0.6 is 11.6 Å². The summed E-state index contributed by atoms with van der Waals surface area (Å²) in [5, 5.41) is 2.95. The zero-order valence-electron chi connectivity index (χ0n) is 17.0. The largest absolute Gasteiger partial charge is 0.466 e. The van der Waals surface area contributed by atoms with E-state index in [0.29, 0.717) is 5.69 Å². The smallest absolute Gasteiger partial charge is 0.264 e. The van der Waals surface area contributed by atoms with Gasteiger partial charge in [-0.15, -0.1) is 0 Å². The van der Waals surface area contributed by atoms with Crippen LogP contribution in [0.25, 0.3) is 0 Å². The topological polar surface area (TPSA) is 79.6 Å². The van der Waals surface area contributed by atoms with Gasteiger partial charge >= 0.3 is 0 Å². The molecule has 0 bridgehead atoms. The molecule has 0 aliphatic rings. The lowest BCUT2D eigenvalue weighted by atomic mass is 10.2. The summed E-state index contributed by atoms with van der Waals surface area (Å²) in [5.41, 5.74) is 1.49. The minimum atomic E-state index is -3.87. The molecule has 8 heteroatoms. The van der Waals surface area contributed by atoms with Crippen LogP contribution in [0.1, 0.15) is 34.4 Å². The number of nitrogens with zero attached hydrogens (tertiary/aromatic N) is 1. The molecular formula is C22H23ClN2O4S. The van der Waals surface area contributed by atoms with Gasteiger partial charge in [0.1, 0.15) is 11.5 Å². The summed E-state index contributed by atoms with van der Waals surface area (Å²) in [4.78, 5) is 12.7. The van der Waals surface area contributed by atoms with E-state index >= 15 is 0 Å². The van der Waals surface area contributed by atoms with Crippen molar-refractivity contribution in [3.05, 3.63) is 82.3 Å². The fourth-order valence-electron chi connectivity index (χ4n) is 3.18. The predicted molar refractivity (Wildman–Crippen MR) is 117 cm³/mol. The van der Waals surface area contributed by atoms with E-state index in [4.69, 9.17) is 16.0 Å². The number of carbonyl (C=O) groups is 1. The number of hydrogen-bond acceptors (Lipinski definition) is 4. The van der Waals surface area contributed by atoms with Gasteiger partial charge in [-0.1, -0.05) is 29.8 Å². The number of para-hydroxylation sites is 1. The van der Waals surface area contributed by atoms with E-state index in [1.807, 2.05) is 26.0 Å². The normalized spacial score (nSPS) is 11.3. The lowest BCUT2D eigenvalue weighted by Gasteiger charge is -2.23. The number of rotatable bonds is 7. The number of benzene rings is 2. The van der Waals surface area contributed by atoms with Gasteiger partial charge in [-0.2, -0.15) is 0 Å². The van der Waals surface area contributed by atoms with Gasteiger partial charge in [-0.05, 0) is 57.2 Å². The van der Waals surface area contributed by atoms with Gasteiger partial charge < -0.3 is 9.73 Å². The van der Waals surface area contributed by atoms with E-state index in [1.54, 1.807) is 31.2 Å². The summed E-state index contributed by atoms with van der Waals surface area (Å²) >= 11 is 6.20. The van der Waals surface area contributed by atoms with E-state index in [2.05, 4.69) is 5.32 Å². The maximum Gasteiger partial charge on any atom is 0.264 e. The first kappa shape index (κ1) is 21.9. The molecule has 0 fully saturated rings. The van der Waals surface area contributed by atoms with Crippen molar-refractivity contribution in [1.82, 2.24) is 5.32 Å². The van der Waals surface area contributed by atoms with Crippen LogP contribution in [0.2, 0.25) is 5.02 Å². The average molecular weight is 447 g/mol. The van der Waals surface area contributed by atoms with Crippen molar-refractivity contribution in [2.75, 3.05) is 10.8 Å². The second kappa shape index (κ2) is 8.93. The Balaban J connectivity index is 1.88. The molecule has 158 valence electrons. The minimum absolute atomic E-state index is 0.00177. The number of carbonyl (C=O) groups excluding carboxylic acids is 1. The Kier molecular flexibility index (Phi) is 6.53. The molecular weight excluding hydrogens is 424 g/mol. The number of nitrogens with one attached hydrogen (secondary N) is 1. The number of halogens is 1. The number of hydrogen-bond donors (Lipinski definition) is 1. The van der Waals surface area contributed by atoms with Crippen molar-refractivity contribution in [2.45, 2.75) is 32.2 Å². The first-order chi connectivity index (χ1) is 14.2. The molecule has 3 rings (SSSR count). The van der Waals surface area contributed by atoms with Crippen molar-refractivity contribution < 1.29 is 17.6 Å². The number of sulfonamides is 1. The van der Waals surface area contributed by atoms with Gasteiger partial charge in [-0.3, -0.25) is 9.10 Å². The standard InChI is InChI=1S/C22H23ClN2O4S/c1-4-25(18-8-6-5-7-9-18)30(27,28)19-10-11-21(23)20(13-19)22(26)24-14-17-12-15(2)29-16(17)3/h5-13H,4,14H2,1-3H3,(H,24,26). The second-order valence-electron chi connectivity index (χ2n) is 6.77. The number of anilines is 1. The van der Waals surface area contributed by atoms with Crippen molar-refractivity contribution in [2.24, 2.45) is 0 Å². The third-order valence-electron chi connectivity index (χ3n) is 4.69. The lowest BCUT2D eigenvalue weighted by Crippen LogP contribution is -2.31. The number of furan rings is 1. The monoisotopic (exact) mass is 446 g/mol. The Morgan fingerprint density at radius 3 is 2.40 bits per heavy atom. The number of amides is 1. The zero-order chi connectivity index (χ0) is 21.9. The van der Waals surface area contributed by atoms with Crippen LogP contribution in [0.4, 0.5) is 5.69 Å². The summed E-state index contributed by atoms with van der Waals surface area (Å²) in [6.07, 6.45) is 0. The fourth-order valence-corrected chi connectivity index (χ4v) is 4.89. The van der Waals surface area contributed by atoms with Crippen LogP contribution in [0.3, 0.4) is 0 Å². The van der Waals surface area contributed by atoms with E-state index in [9.17, 15) is 13.2 Å². The Morgan fingerprint density at radius 2 is 1.80 bits per heavy atom. The highest BCUT2D eigenvalue weighted by atomic mass is 35.5. The molecule has 1 N–H and O–H groups in total. The van der Waals surface area contributed by atoms with Crippen LogP contribution in [0.5, 0.6) is 0 Å². The maximum absolute atomic E-state index is 13.2. The van der Waals surface area contributed by atoms with Crippen molar-refractivity contribution >= 4 is 33.2 Å². The van der Waals surface area contributed by atoms with E-state index in [0.717, 1.165) is 17.1 Å². The molecule has 0 saturated heterocycles. The summed E-state index contributed by atoms with van der Waals surface area (Å²) in [5.74, 6) is 1.01. The number of aryl methyl sites for hydroxylation is 2. The van der Waals surface area contributed by atoms with Crippen LogP contribution in [-0.2, 0) is 16.6 Å². The highest BCUT2D eigenvalue weighted by Gasteiger charge is 2.25. The van der Waals surface area contributed by atoms with Crippen LogP contribution in [-0.4, -0.2) is 20.9 Å². The van der Waals surface area contributed by atoms with Crippen molar-refractivity contribution in [3.63, 3.8) is 0 Å². The molecule has 0 spiro atoms. The van der Waals surface area contributed by atoms with E-state index < -0.39 is 15.9 Å². The quantitative estimate of drug-likeness (QED) is 0.570. The third kappa shape index (κ3) is 4.52. The van der Waals surface area contributed by atoms with Gasteiger partial charge in [0.05, 0.1) is 21.2 Å². The maximum atomic E-state index is 13.2. The average Bonchev–Trinajstić information content (AvgIpc) is 3.04. The fraction of sp³-hybridized carbons (Fsp3) is 0.227. The van der Waals surface area contributed by atoms with Crippen LogP contribution in [0, 0.1) is 13.8 Å². The molecule has 0 unspecified atom stereocenters. The molecule has 1 aromatic heterocycles. The van der Waals surface area contributed by atoms with Crippen LogP contribution < -0.4 is 9.62 Å². The molecule has 3 aromatic rings. The summed E-state index contributed by atoms with van der Waals surface area (Å²) in [7, 11) is -3.87. The predicted octanol–water partition coefficient (Wildman–Crippen LogP) is 4.70. The zero-order valence-corrected chi connectivity index (χ0v) is 18.5. The molecule has 2 aromatic carbocycles. The lowest BCUT2D eigenvalue weighted by molar-refractivity contribution is 0.0950. The van der Waals surface area contributed by atoms with Gasteiger partial charge in [0, 0.05) is 18.7 Å².